The molecule has 2 aliphatic rings. The first-order valence-electron chi connectivity index (χ1n) is 9.25. The molecule has 8 nitrogen and oxygen atoms in total. The lowest BCUT2D eigenvalue weighted by Gasteiger charge is -2.35. The van der Waals surface area contributed by atoms with E-state index in [0.29, 0.717) is 12.4 Å². The lowest BCUT2D eigenvalue weighted by atomic mass is 10.2. The Morgan fingerprint density at radius 2 is 1.89 bits per heavy atom. The Balaban J connectivity index is 1.33. The molecule has 1 unspecified atom stereocenters. The molecule has 4 rings (SSSR count). The molecule has 2 saturated heterocycles. The van der Waals surface area contributed by atoms with E-state index >= 15 is 0 Å². The summed E-state index contributed by atoms with van der Waals surface area (Å²) < 4.78 is 23.2. The smallest absolute Gasteiger partial charge is 0.244 e. The molecule has 2 aromatic rings. The molecule has 2 aliphatic heterocycles. The highest BCUT2D eigenvalue weighted by Crippen LogP contribution is 2.18. The molecule has 0 amide bonds. The highest BCUT2D eigenvalue weighted by atomic mass is 32.2. The molecule has 1 atom stereocenters. The predicted molar refractivity (Wildman–Crippen MR) is 104 cm³/mol. The zero-order valence-electron chi connectivity index (χ0n) is 15.2. The molecule has 144 valence electrons. The molecule has 1 aromatic heterocycles. The predicted octanol–water partition coefficient (Wildman–Crippen LogP) is 0.793. The topological polar surface area (TPSA) is 91.3 Å². The number of rotatable bonds is 5. The van der Waals surface area contributed by atoms with E-state index < -0.39 is 9.84 Å². The highest BCUT2D eigenvalue weighted by Gasteiger charge is 2.28. The van der Waals surface area contributed by atoms with Crippen molar-refractivity contribution < 1.29 is 8.42 Å². The van der Waals surface area contributed by atoms with Crippen LogP contribution < -0.4 is 10.2 Å². The molecule has 1 aromatic carbocycles. The average molecular weight is 388 g/mol. The number of nitrogens with one attached hydrogen (secondary N) is 1. The third-order valence-corrected chi connectivity index (χ3v) is 6.83. The molecule has 0 saturated carbocycles. The minimum Gasteiger partial charge on any atom is -0.353 e. The fraction of sp³-hybridized carbons (Fsp3) is 0.500. The van der Waals surface area contributed by atoms with Crippen LogP contribution in [0.4, 0.5) is 11.8 Å². The van der Waals surface area contributed by atoms with Crippen LogP contribution in [-0.2, 0) is 16.4 Å². The van der Waals surface area contributed by atoms with Crippen molar-refractivity contribution in [1.29, 1.82) is 0 Å². The Morgan fingerprint density at radius 3 is 2.59 bits per heavy atom. The van der Waals surface area contributed by atoms with Gasteiger partial charge in [0.25, 0.3) is 0 Å². The zero-order chi connectivity index (χ0) is 18.7. The van der Waals surface area contributed by atoms with Crippen LogP contribution >= 0.6 is 0 Å². The maximum Gasteiger partial charge on any atom is 0.244 e. The van der Waals surface area contributed by atoms with Crippen molar-refractivity contribution >= 4 is 21.6 Å². The Labute approximate surface area is 159 Å². The summed E-state index contributed by atoms with van der Waals surface area (Å²) in [6.45, 7) is 4.64. The van der Waals surface area contributed by atoms with Gasteiger partial charge in [-0.1, -0.05) is 30.3 Å². The van der Waals surface area contributed by atoms with Gasteiger partial charge in [0.05, 0.1) is 17.7 Å². The maximum absolute atomic E-state index is 11.6. The maximum atomic E-state index is 11.6. The number of anilines is 2. The minimum atomic E-state index is -2.93. The lowest BCUT2D eigenvalue weighted by Crippen LogP contribution is -2.46. The summed E-state index contributed by atoms with van der Waals surface area (Å²) in [5, 5.41) is 11.2. The second-order valence-corrected chi connectivity index (χ2v) is 9.36. The van der Waals surface area contributed by atoms with Crippen molar-refractivity contribution in [1.82, 2.24) is 20.1 Å². The monoisotopic (exact) mass is 388 g/mol. The van der Waals surface area contributed by atoms with Gasteiger partial charge in [-0.05, 0) is 12.0 Å². The lowest BCUT2D eigenvalue weighted by molar-refractivity contribution is 0.249. The Morgan fingerprint density at radius 1 is 1.11 bits per heavy atom. The number of aromatic nitrogens is 3. The summed E-state index contributed by atoms with van der Waals surface area (Å²) in [7, 11) is -2.93. The minimum absolute atomic E-state index is 0.130. The fourth-order valence-corrected chi connectivity index (χ4v) is 5.25. The van der Waals surface area contributed by atoms with Gasteiger partial charge >= 0.3 is 0 Å². The number of sulfone groups is 1. The van der Waals surface area contributed by atoms with E-state index in [4.69, 9.17) is 0 Å². The van der Waals surface area contributed by atoms with E-state index in [9.17, 15) is 8.42 Å². The third-order valence-electron chi connectivity index (χ3n) is 5.06. The number of piperazine rings is 1. The molecule has 3 heterocycles. The quantitative estimate of drug-likeness (QED) is 0.804. The highest BCUT2D eigenvalue weighted by molar-refractivity contribution is 7.91. The summed E-state index contributed by atoms with van der Waals surface area (Å²) in [6, 6.07) is 10.4. The van der Waals surface area contributed by atoms with Crippen LogP contribution in [-0.4, -0.2) is 72.2 Å². The van der Waals surface area contributed by atoms with Crippen LogP contribution in [0.25, 0.3) is 0 Å². The SMILES string of the molecule is O=S1(=O)CCC(Nc2nncc(N3CCN(Cc4ccccc4)CC3)n2)C1. The van der Waals surface area contributed by atoms with Crippen molar-refractivity contribution in [2.24, 2.45) is 0 Å². The molecule has 0 bridgehead atoms. The van der Waals surface area contributed by atoms with Crippen molar-refractivity contribution in [3.63, 3.8) is 0 Å². The average Bonchev–Trinajstić information content (AvgIpc) is 3.02. The standard InChI is InChI=1S/C18H24N6O2S/c25-27(26)11-6-16(14-27)20-18-21-17(12-19-22-18)24-9-7-23(8-10-24)13-15-4-2-1-3-5-15/h1-5,12,16H,6-11,13-14H2,(H,20,21,22). The van der Waals surface area contributed by atoms with Gasteiger partial charge in [0.1, 0.15) is 0 Å². The van der Waals surface area contributed by atoms with Crippen molar-refractivity contribution in [2.75, 3.05) is 47.9 Å². The Bertz CT molecular complexity index is 868. The third kappa shape index (κ3) is 4.72. The second-order valence-electron chi connectivity index (χ2n) is 7.13. The largest absolute Gasteiger partial charge is 0.353 e. The summed E-state index contributed by atoms with van der Waals surface area (Å²) in [4.78, 5) is 9.18. The van der Waals surface area contributed by atoms with Gasteiger partial charge in [-0.3, -0.25) is 4.90 Å². The van der Waals surface area contributed by atoms with Crippen LogP contribution in [0.3, 0.4) is 0 Å². The fourth-order valence-electron chi connectivity index (χ4n) is 3.58. The van der Waals surface area contributed by atoms with Crippen LogP contribution in [0.2, 0.25) is 0 Å². The van der Waals surface area contributed by atoms with Gasteiger partial charge < -0.3 is 10.2 Å². The first kappa shape index (κ1) is 18.1. The number of hydrogen-bond donors (Lipinski definition) is 1. The van der Waals surface area contributed by atoms with Crippen LogP contribution in [0, 0.1) is 0 Å². The van der Waals surface area contributed by atoms with E-state index in [-0.39, 0.29) is 17.5 Å². The molecule has 0 radical (unpaired) electrons. The van der Waals surface area contributed by atoms with E-state index in [1.54, 1.807) is 6.20 Å². The van der Waals surface area contributed by atoms with E-state index in [1.807, 2.05) is 6.07 Å². The van der Waals surface area contributed by atoms with Gasteiger partial charge in [0.15, 0.2) is 15.7 Å². The van der Waals surface area contributed by atoms with E-state index in [2.05, 4.69) is 54.6 Å². The van der Waals surface area contributed by atoms with Crippen LogP contribution in [0.1, 0.15) is 12.0 Å². The molecule has 9 heteroatoms. The molecule has 1 N–H and O–H groups in total. The first-order valence-corrected chi connectivity index (χ1v) is 11.1. The van der Waals surface area contributed by atoms with Crippen LogP contribution in [0.15, 0.2) is 36.5 Å². The molecule has 27 heavy (non-hydrogen) atoms. The van der Waals surface area contributed by atoms with Gasteiger partial charge in [-0.25, -0.2) is 8.42 Å². The number of benzene rings is 1. The van der Waals surface area contributed by atoms with Gasteiger partial charge in [-0.2, -0.15) is 10.1 Å². The molecule has 0 spiro atoms. The van der Waals surface area contributed by atoms with Gasteiger partial charge in [-0.15, -0.1) is 5.10 Å². The molecular formula is C18H24N6O2S. The van der Waals surface area contributed by atoms with E-state index in [1.165, 1.54) is 5.56 Å². The van der Waals surface area contributed by atoms with Crippen molar-refractivity contribution in [3.05, 3.63) is 42.1 Å². The van der Waals surface area contributed by atoms with Gasteiger partial charge in [0.2, 0.25) is 5.95 Å². The summed E-state index contributed by atoms with van der Waals surface area (Å²) in [6.07, 6.45) is 2.26. The number of nitrogens with zero attached hydrogens (tertiary/aromatic N) is 5. The summed E-state index contributed by atoms with van der Waals surface area (Å²) in [5.41, 5.74) is 1.33. The Kier molecular flexibility index (Phi) is 5.22. The second kappa shape index (κ2) is 7.77. The van der Waals surface area contributed by atoms with Gasteiger partial charge in [0, 0.05) is 38.8 Å². The molecule has 2 fully saturated rings. The summed E-state index contributed by atoms with van der Waals surface area (Å²) in [5.74, 6) is 1.55. The van der Waals surface area contributed by atoms with Crippen molar-refractivity contribution in [3.8, 4) is 0 Å². The van der Waals surface area contributed by atoms with Crippen LogP contribution in [0.5, 0.6) is 0 Å². The first-order chi connectivity index (χ1) is 13.1. The summed E-state index contributed by atoms with van der Waals surface area (Å²) >= 11 is 0. The molecule has 0 aliphatic carbocycles. The van der Waals surface area contributed by atoms with Crippen molar-refractivity contribution in [2.45, 2.75) is 19.0 Å². The normalized spacial score (nSPS) is 22.7. The zero-order valence-corrected chi connectivity index (χ0v) is 16.0. The number of hydrogen-bond acceptors (Lipinski definition) is 8. The molecular weight excluding hydrogens is 364 g/mol. The van der Waals surface area contributed by atoms with E-state index in [0.717, 1.165) is 38.5 Å². The Hall–Kier alpha value is -2.26.